The lowest BCUT2D eigenvalue weighted by Crippen LogP contribution is -2.42. The maximum atomic E-state index is 13.6. The van der Waals surface area contributed by atoms with Gasteiger partial charge in [-0.15, -0.1) is 0 Å². The predicted octanol–water partition coefficient (Wildman–Crippen LogP) is 6.19. The fourth-order valence-corrected chi connectivity index (χ4v) is 4.30. The summed E-state index contributed by atoms with van der Waals surface area (Å²) < 4.78 is 11.2. The number of nitrogens with one attached hydrogen (secondary N) is 1. The first-order valence-corrected chi connectivity index (χ1v) is 11.8. The molecule has 1 aliphatic carbocycles. The van der Waals surface area contributed by atoms with E-state index in [-0.39, 0.29) is 18.6 Å². The first-order chi connectivity index (χ1) is 15.4. The van der Waals surface area contributed by atoms with E-state index in [0.717, 1.165) is 44.1 Å². The van der Waals surface area contributed by atoms with Crippen LogP contribution in [0.2, 0.25) is 0 Å². The Labute approximate surface area is 191 Å². The highest BCUT2D eigenvalue weighted by molar-refractivity contribution is 6.01. The summed E-state index contributed by atoms with van der Waals surface area (Å²) >= 11 is 0. The van der Waals surface area contributed by atoms with Gasteiger partial charge in [0.2, 0.25) is 5.91 Å². The quantitative estimate of drug-likeness (QED) is 0.500. The second-order valence-electron chi connectivity index (χ2n) is 8.73. The first-order valence-electron chi connectivity index (χ1n) is 11.8. The molecule has 32 heavy (non-hydrogen) atoms. The molecule has 172 valence electrons. The number of anilines is 1. The molecule has 0 heterocycles. The first kappa shape index (κ1) is 23.8. The van der Waals surface area contributed by atoms with Gasteiger partial charge in [0, 0.05) is 5.69 Å². The van der Waals surface area contributed by atoms with Crippen LogP contribution in [-0.2, 0) is 14.9 Å². The molecule has 0 spiro atoms. The molecule has 1 saturated carbocycles. The van der Waals surface area contributed by atoms with Gasteiger partial charge in [-0.25, -0.2) is 4.79 Å². The molecule has 1 N–H and O–H groups in total. The van der Waals surface area contributed by atoms with E-state index in [9.17, 15) is 9.59 Å². The lowest BCUT2D eigenvalue weighted by Gasteiger charge is -2.36. The highest BCUT2D eigenvalue weighted by atomic mass is 16.5. The van der Waals surface area contributed by atoms with E-state index in [2.05, 4.69) is 36.5 Å². The molecule has 1 unspecified atom stereocenters. The SMILES string of the molecule is CCOC(=O)c1cc(NC(=O)C2(c3ccc(C)cc3)CCCCC2)ccc1OC(C)CC. The van der Waals surface area contributed by atoms with Gasteiger partial charge < -0.3 is 14.8 Å². The number of benzene rings is 2. The van der Waals surface area contributed by atoms with Crippen LogP contribution in [0.4, 0.5) is 5.69 Å². The minimum absolute atomic E-state index is 0.0218. The van der Waals surface area contributed by atoms with Gasteiger partial charge in [0.25, 0.3) is 0 Å². The van der Waals surface area contributed by atoms with Crippen molar-refractivity contribution in [2.45, 2.75) is 77.7 Å². The predicted molar refractivity (Wildman–Crippen MR) is 127 cm³/mol. The van der Waals surface area contributed by atoms with E-state index in [0.29, 0.717) is 17.0 Å². The molecule has 1 atom stereocenters. The molecule has 2 aromatic carbocycles. The summed E-state index contributed by atoms with van der Waals surface area (Å²) in [6, 6.07) is 13.5. The van der Waals surface area contributed by atoms with Crippen molar-refractivity contribution in [1.29, 1.82) is 0 Å². The van der Waals surface area contributed by atoms with Crippen molar-refractivity contribution in [1.82, 2.24) is 0 Å². The Hall–Kier alpha value is -2.82. The normalized spacial score (nSPS) is 16.1. The molecule has 0 aliphatic heterocycles. The average Bonchev–Trinajstić information content (AvgIpc) is 2.80. The Morgan fingerprint density at radius 3 is 2.34 bits per heavy atom. The van der Waals surface area contributed by atoms with E-state index in [1.165, 1.54) is 5.56 Å². The maximum absolute atomic E-state index is 13.6. The van der Waals surface area contributed by atoms with Crippen LogP contribution in [-0.4, -0.2) is 24.6 Å². The number of carbonyl (C=O) groups is 2. The molecule has 0 aromatic heterocycles. The van der Waals surface area contributed by atoms with E-state index >= 15 is 0 Å². The van der Waals surface area contributed by atoms with E-state index < -0.39 is 11.4 Å². The van der Waals surface area contributed by atoms with E-state index in [4.69, 9.17) is 9.47 Å². The minimum Gasteiger partial charge on any atom is -0.490 e. The molecular weight excluding hydrogens is 402 g/mol. The Kier molecular flexibility index (Phi) is 7.94. The summed E-state index contributed by atoms with van der Waals surface area (Å²) in [6.45, 7) is 8.08. The number of amides is 1. The minimum atomic E-state index is -0.554. The Morgan fingerprint density at radius 1 is 1.03 bits per heavy atom. The van der Waals surface area contributed by atoms with Crippen LogP contribution < -0.4 is 10.1 Å². The molecule has 0 radical (unpaired) electrons. The monoisotopic (exact) mass is 437 g/mol. The van der Waals surface area contributed by atoms with Crippen molar-refractivity contribution >= 4 is 17.6 Å². The standard InChI is InChI=1S/C27H35NO4/c1-5-20(4)32-24-15-14-22(18-23(24)25(29)31-6-2)28-26(30)27(16-8-7-9-17-27)21-12-10-19(3)11-13-21/h10-15,18,20H,5-9,16-17H2,1-4H3,(H,28,30). The summed E-state index contributed by atoms with van der Waals surface area (Å²) in [5.41, 5.74) is 2.59. The molecule has 3 rings (SSSR count). The Morgan fingerprint density at radius 2 is 1.72 bits per heavy atom. The van der Waals surface area contributed by atoms with Crippen molar-refractivity contribution in [3.8, 4) is 5.75 Å². The summed E-state index contributed by atoms with van der Waals surface area (Å²) in [4.78, 5) is 26.2. The second-order valence-corrected chi connectivity index (χ2v) is 8.73. The topological polar surface area (TPSA) is 64.6 Å². The second kappa shape index (κ2) is 10.7. The van der Waals surface area contributed by atoms with Crippen LogP contribution in [0.25, 0.3) is 0 Å². The molecule has 1 aliphatic rings. The van der Waals surface area contributed by atoms with Gasteiger partial charge in [0.15, 0.2) is 0 Å². The van der Waals surface area contributed by atoms with Gasteiger partial charge in [-0.3, -0.25) is 4.79 Å². The van der Waals surface area contributed by atoms with Crippen LogP contribution in [0.3, 0.4) is 0 Å². The van der Waals surface area contributed by atoms with Gasteiger partial charge >= 0.3 is 5.97 Å². The van der Waals surface area contributed by atoms with Crippen molar-refractivity contribution in [3.63, 3.8) is 0 Å². The lowest BCUT2D eigenvalue weighted by molar-refractivity contribution is -0.122. The van der Waals surface area contributed by atoms with E-state index in [1.54, 1.807) is 25.1 Å². The zero-order valence-corrected chi connectivity index (χ0v) is 19.7. The fourth-order valence-electron chi connectivity index (χ4n) is 4.30. The van der Waals surface area contributed by atoms with Gasteiger partial charge in [-0.05, 0) is 63.8 Å². The third kappa shape index (κ3) is 5.32. The third-order valence-electron chi connectivity index (χ3n) is 6.38. The average molecular weight is 438 g/mol. The number of rotatable bonds is 8. The summed E-state index contributed by atoms with van der Waals surface area (Å²) in [5, 5.41) is 3.10. The van der Waals surface area contributed by atoms with Crippen LogP contribution in [0, 0.1) is 6.92 Å². The number of ether oxygens (including phenoxy) is 2. The van der Waals surface area contributed by atoms with Crippen LogP contribution in [0.15, 0.2) is 42.5 Å². The lowest BCUT2D eigenvalue weighted by atomic mass is 9.68. The van der Waals surface area contributed by atoms with Gasteiger partial charge in [0.05, 0.1) is 18.1 Å². The molecule has 0 bridgehead atoms. The zero-order chi connectivity index (χ0) is 23.1. The Bertz CT molecular complexity index is 929. The maximum Gasteiger partial charge on any atom is 0.341 e. The Balaban J connectivity index is 1.91. The highest BCUT2D eigenvalue weighted by Gasteiger charge is 2.41. The summed E-state index contributed by atoms with van der Waals surface area (Å²) in [6.07, 6.45) is 5.63. The number of aryl methyl sites for hydroxylation is 1. The molecule has 2 aromatic rings. The smallest absolute Gasteiger partial charge is 0.341 e. The van der Waals surface area contributed by atoms with Crippen molar-refractivity contribution < 1.29 is 19.1 Å². The number of hydrogen-bond acceptors (Lipinski definition) is 4. The zero-order valence-electron chi connectivity index (χ0n) is 19.7. The number of esters is 1. The van der Waals surface area contributed by atoms with Crippen LogP contribution in [0.1, 0.15) is 80.8 Å². The molecule has 1 amide bonds. The molecule has 5 nitrogen and oxygen atoms in total. The van der Waals surface area contributed by atoms with E-state index in [1.807, 2.05) is 13.8 Å². The number of hydrogen-bond donors (Lipinski definition) is 1. The van der Waals surface area contributed by atoms with Crippen molar-refractivity contribution in [2.24, 2.45) is 0 Å². The molecular formula is C27H35NO4. The highest BCUT2D eigenvalue weighted by Crippen LogP contribution is 2.41. The van der Waals surface area contributed by atoms with Gasteiger partial charge in [-0.1, -0.05) is 56.0 Å². The van der Waals surface area contributed by atoms with Gasteiger partial charge in [0.1, 0.15) is 11.3 Å². The largest absolute Gasteiger partial charge is 0.490 e. The van der Waals surface area contributed by atoms with Crippen molar-refractivity contribution in [2.75, 3.05) is 11.9 Å². The third-order valence-corrected chi connectivity index (χ3v) is 6.38. The molecule has 1 fully saturated rings. The van der Waals surface area contributed by atoms with Crippen molar-refractivity contribution in [3.05, 3.63) is 59.2 Å². The number of carbonyl (C=O) groups excluding carboxylic acids is 2. The fraction of sp³-hybridized carbons (Fsp3) is 0.481. The molecule has 0 saturated heterocycles. The summed E-state index contributed by atoms with van der Waals surface area (Å²) in [5.74, 6) is 0.000913. The van der Waals surface area contributed by atoms with Crippen LogP contribution in [0.5, 0.6) is 5.75 Å². The van der Waals surface area contributed by atoms with Gasteiger partial charge in [-0.2, -0.15) is 0 Å². The van der Waals surface area contributed by atoms with Crippen LogP contribution >= 0.6 is 0 Å². The molecule has 5 heteroatoms. The summed E-state index contributed by atoms with van der Waals surface area (Å²) in [7, 11) is 0.